The third kappa shape index (κ3) is 4.53. The number of carbonyl (C=O) groups excluding carboxylic acids is 1. The molecule has 0 spiro atoms. The normalized spacial score (nSPS) is 11.2. The monoisotopic (exact) mass is 385 g/mol. The molecule has 2 rings (SSSR count). The van der Waals surface area contributed by atoms with Gasteiger partial charge in [-0.2, -0.15) is 0 Å². The number of pyridine rings is 1. The van der Waals surface area contributed by atoms with E-state index in [1.165, 1.54) is 6.07 Å². The van der Waals surface area contributed by atoms with Crippen LogP contribution in [0, 0.1) is 0 Å². The van der Waals surface area contributed by atoms with Crippen LogP contribution in [0.15, 0.2) is 30.3 Å². The highest BCUT2D eigenvalue weighted by molar-refractivity contribution is 6.42. The van der Waals surface area contributed by atoms with E-state index in [2.05, 4.69) is 42.5 Å². The summed E-state index contributed by atoms with van der Waals surface area (Å²) < 4.78 is 0. The summed E-state index contributed by atoms with van der Waals surface area (Å²) in [5.41, 5.74) is 2.29. The Kier molecular flexibility index (Phi) is 5.97. The second kappa shape index (κ2) is 7.60. The lowest BCUT2D eigenvalue weighted by Crippen LogP contribution is -2.30. The maximum absolute atomic E-state index is 12.2. The first-order chi connectivity index (χ1) is 11.2. The molecule has 1 amide bonds. The minimum atomic E-state index is -0.383. The molecule has 2 aromatic rings. The summed E-state index contributed by atoms with van der Waals surface area (Å²) in [6.07, 6.45) is 0. The highest BCUT2D eigenvalue weighted by atomic mass is 35.5. The van der Waals surface area contributed by atoms with Crippen molar-refractivity contribution in [1.82, 2.24) is 10.3 Å². The molecule has 0 saturated heterocycles. The van der Waals surface area contributed by atoms with Crippen LogP contribution in [0.4, 0.5) is 5.69 Å². The number of halogens is 3. The first-order valence-electron chi connectivity index (χ1n) is 7.33. The SMILES string of the molecule is CC(C)(C)c1ccccc1NCNC(=O)c1cc(Cl)c(Cl)nc1Cl. The predicted molar refractivity (Wildman–Crippen MR) is 100 cm³/mol. The van der Waals surface area contributed by atoms with Gasteiger partial charge < -0.3 is 10.6 Å². The van der Waals surface area contributed by atoms with Crippen molar-refractivity contribution in [1.29, 1.82) is 0 Å². The summed E-state index contributed by atoms with van der Waals surface area (Å²) in [6, 6.07) is 9.37. The third-order valence-electron chi connectivity index (χ3n) is 3.39. The van der Waals surface area contributed by atoms with E-state index in [4.69, 9.17) is 34.8 Å². The summed E-state index contributed by atoms with van der Waals surface area (Å²) in [5.74, 6) is -0.383. The summed E-state index contributed by atoms with van der Waals surface area (Å²) >= 11 is 17.6. The molecule has 0 saturated carbocycles. The number of hydrogen-bond donors (Lipinski definition) is 2. The molecule has 0 unspecified atom stereocenters. The van der Waals surface area contributed by atoms with Crippen molar-refractivity contribution >= 4 is 46.4 Å². The highest BCUT2D eigenvalue weighted by Crippen LogP contribution is 2.29. The molecule has 0 aliphatic heterocycles. The van der Waals surface area contributed by atoms with Crippen LogP contribution >= 0.6 is 34.8 Å². The number of rotatable bonds is 4. The maximum Gasteiger partial charge on any atom is 0.255 e. The van der Waals surface area contributed by atoms with Crippen molar-refractivity contribution < 1.29 is 4.79 Å². The van der Waals surface area contributed by atoms with Crippen molar-refractivity contribution in [3.8, 4) is 0 Å². The van der Waals surface area contributed by atoms with E-state index in [0.29, 0.717) is 0 Å². The summed E-state index contributed by atoms with van der Waals surface area (Å²) in [4.78, 5) is 16.0. The van der Waals surface area contributed by atoms with E-state index in [1.807, 2.05) is 18.2 Å². The average molecular weight is 387 g/mol. The van der Waals surface area contributed by atoms with Gasteiger partial charge in [0.05, 0.1) is 17.3 Å². The number of nitrogens with zero attached hydrogens (tertiary/aromatic N) is 1. The smallest absolute Gasteiger partial charge is 0.255 e. The molecule has 4 nitrogen and oxygen atoms in total. The molecule has 0 aliphatic carbocycles. The quantitative estimate of drug-likeness (QED) is 0.565. The van der Waals surface area contributed by atoms with E-state index in [9.17, 15) is 4.79 Å². The van der Waals surface area contributed by atoms with Crippen LogP contribution in [0.1, 0.15) is 36.7 Å². The van der Waals surface area contributed by atoms with Crippen molar-refractivity contribution in [3.05, 3.63) is 56.8 Å². The molecule has 0 fully saturated rings. The van der Waals surface area contributed by atoms with Gasteiger partial charge in [-0.25, -0.2) is 4.98 Å². The van der Waals surface area contributed by atoms with Gasteiger partial charge in [-0.05, 0) is 23.1 Å². The second-order valence-corrected chi connectivity index (χ2v) is 7.38. The van der Waals surface area contributed by atoms with Crippen LogP contribution in [0.25, 0.3) is 0 Å². The number of nitrogens with one attached hydrogen (secondary N) is 2. The zero-order valence-electron chi connectivity index (χ0n) is 13.6. The van der Waals surface area contributed by atoms with Crippen molar-refractivity contribution in [2.45, 2.75) is 26.2 Å². The molecule has 7 heteroatoms. The molecule has 0 atom stereocenters. The van der Waals surface area contributed by atoms with Crippen molar-refractivity contribution in [2.75, 3.05) is 12.0 Å². The Morgan fingerprint density at radius 1 is 1.12 bits per heavy atom. The second-order valence-electron chi connectivity index (χ2n) is 6.25. The van der Waals surface area contributed by atoms with Crippen LogP contribution in [0.3, 0.4) is 0 Å². The Hall–Kier alpha value is -1.49. The van der Waals surface area contributed by atoms with Crippen LogP contribution in [-0.4, -0.2) is 17.6 Å². The van der Waals surface area contributed by atoms with Crippen LogP contribution < -0.4 is 10.6 Å². The van der Waals surface area contributed by atoms with Gasteiger partial charge in [0.25, 0.3) is 5.91 Å². The molecule has 1 heterocycles. The van der Waals surface area contributed by atoms with Gasteiger partial charge >= 0.3 is 0 Å². The Labute approximate surface area is 156 Å². The number of para-hydroxylation sites is 1. The fraction of sp³-hybridized carbons (Fsp3) is 0.294. The minimum Gasteiger partial charge on any atom is -0.368 e. The van der Waals surface area contributed by atoms with Crippen LogP contribution in [-0.2, 0) is 5.41 Å². The first kappa shape index (κ1) is 18.8. The van der Waals surface area contributed by atoms with E-state index in [0.717, 1.165) is 11.3 Å². The Balaban J connectivity index is 2.06. The zero-order valence-corrected chi connectivity index (χ0v) is 15.9. The molecule has 0 radical (unpaired) electrons. The van der Waals surface area contributed by atoms with Crippen molar-refractivity contribution in [2.24, 2.45) is 0 Å². The number of hydrogen-bond acceptors (Lipinski definition) is 3. The lowest BCUT2D eigenvalue weighted by Gasteiger charge is -2.23. The van der Waals surface area contributed by atoms with Crippen LogP contribution in [0.5, 0.6) is 0 Å². The number of amides is 1. The third-order valence-corrected chi connectivity index (χ3v) is 4.36. The lowest BCUT2D eigenvalue weighted by molar-refractivity contribution is 0.0956. The summed E-state index contributed by atoms with van der Waals surface area (Å²) in [7, 11) is 0. The fourth-order valence-electron chi connectivity index (χ4n) is 2.21. The van der Waals surface area contributed by atoms with Crippen molar-refractivity contribution in [3.63, 3.8) is 0 Å². The minimum absolute atomic E-state index is 0.00939. The lowest BCUT2D eigenvalue weighted by atomic mass is 9.86. The molecule has 1 aromatic heterocycles. The summed E-state index contributed by atoms with van der Waals surface area (Å²) in [6.45, 7) is 6.64. The molecule has 24 heavy (non-hydrogen) atoms. The van der Waals surface area contributed by atoms with Gasteiger partial charge in [-0.15, -0.1) is 0 Å². The van der Waals surface area contributed by atoms with Gasteiger partial charge in [-0.3, -0.25) is 4.79 Å². The Bertz CT molecular complexity index is 757. The topological polar surface area (TPSA) is 54.0 Å². The predicted octanol–water partition coefficient (Wildman–Crippen LogP) is 5.14. The molecule has 2 N–H and O–H groups in total. The Morgan fingerprint density at radius 3 is 2.46 bits per heavy atom. The molecule has 128 valence electrons. The molecular formula is C17H18Cl3N3O. The number of anilines is 1. The highest BCUT2D eigenvalue weighted by Gasteiger charge is 2.18. The first-order valence-corrected chi connectivity index (χ1v) is 8.46. The molecule has 0 bridgehead atoms. The maximum atomic E-state index is 12.2. The number of benzene rings is 1. The average Bonchev–Trinajstić information content (AvgIpc) is 2.50. The standard InChI is InChI=1S/C17H18Cl3N3O/c1-17(2,3)11-6-4-5-7-13(11)21-9-22-16(24)10-8-12(18)15(20)23-14(10)19/h4-8,21H,9H2,1-3H3,(H,22,24). The zero-order chi connectivity index (χ0) is 17.9. The summed E-state index contributed by atoms with van der Waals surface area (Å²) in [5, 5.41) is 6.20. The van der Waals surface area contributed by atoms with Gasteiger partial charge in [0.1, 0.15) is 10.3 Å². The number of carbonyl (C=O) groups is 1. The van der Waals surface area contributed by atoms with Gasteiger partial charge in [0, 0.05) is 5.69 Å². The largest absolute Gasteiger partial charge is 0.368 e. The molecule has 1 aromatic carbocycles. The van der Waals surface area contributed by atoms with E-state index >= 15 is 0 Å². The fourth-order valence-corrected chi connectivity index (χ4v) is 2.77. The van der Waals surface area contributed by atoms with Gasteiger partial charge in [0.15, 0.2) is 0 Å². The number of aromatic nitrogens is 1. The van der Waals surface area contributed by atoms with E-state index in [-0.39, 0.29) is 38.9 Å². The van der Waals surface area contributed by atoms with Gasteiger partial charge in [-0.1, -0.05) is 73.8 Å². The van der Waals surface area contributed by atoms with Gasteiger partial charge in [0.2, 0.25) is 0 Å². The Morgan fingerprint density at radius 2 is 1.79 bits per heavy atom. The van der Waals surface area contributed by atoms with Crippen LogP contribution in [0.2, 0.25) is 15.3 Å². The molecular weight excluding hydrogens is 369 g/mol. The molecule has 0 aliphatic rings. The van der Waals surface area contributed by atoms with E-state index in [1.54, 1.807) is 0 Å². The van der Waals surface area contributed by atoms with E-state index < -0.39 is 0 Å².